The van der Waals surface area contributed by atoms with Crippen LogP contribution in [0.1, 0.15) is 69.8 Å². The molecule has 0 saturated carbocycles. The molecule has 6 heteroatoms. The second kappa shape index (κ2) is 11.0. The number of unbranched alkanes of at least 4 members (excludes halogenated alkanes) is 6. The number of rotatable bonds is 9. The summed E-state index contributed by atoms with van der Waals surface area (Å²) >= 11 is 0. The number of imide groups is 1. The minimum atomic E-state index is -0.517. The monoisotopic (exact) mass is 370 g/mol. The van der Waals surface area contributed by atoms with Gasteiger partial charge < -0.3 is 10.6 Å². The number of carbonyl (C=O) groups excluding carboxylic acids is 3. The molecule has 2 N–H and O–H groups in total. The Hall–Kier alpha value is -2.81. The van der Waals surface area contributed by atoms with Gasteiger partial charge in [-0.25, -0.2) is 4.79 Å². The van der Waals surface area contributed by atoms with E-state index in [9.17, 15) is 14.4 Å². The highest BCUT2D eigenvalue weighted by Gasteiger charge is 2.32. The van der Waals surface area contributed by atoms with Crippen molar-refractivity contribution in [2.45, 2.75) is 64.2 Å². The number of benzene rings is 1. The molecule has 1 aliphatic heterocycles. The zero-order valence-corrected chi connectivity index (χ0v) is 15.5. The first kappa shape index (κ1) is 20.5. The van der Waals surface area contributed by atoms with Gasteiger partial charge in [-0.2, -0.15) is 0 Å². The Labute approximate surface area is 160 Å². The van der Waals surface area contributed by atoms with Gasteiger partial charge in [-0.1, -0.05) is 37.5 Å². The third-order valence-corrected chi connectivity index (χ3v) is 4.27. The van der Waals surface area contributed by atoms with Gasteiger partial charge in [0.2, 0.25) is 0 Å². The Morgan fingerprint density at radius 3 is 2.22 bits per heavy atom. The maximum atomic E-state index is 11.6. The molecule has 0 bridgehead atoms. The van der Waals surface area contributed by atoms with E-state index in [2.05, 4.69) is 11.8 Å². The van der Waals surface area contributed by atoms with Crippen molar-refractivity contribution in [1.29, 1.82) is 0 Å². The summed E-state index contributed by atoms with van der Waals surface area (Å²) in [5, 5.41) is 0.605. The van der Waals surface area contributed by atoms with Crippen LogP contribution in [-0.2, 0) is 19.2 Å². The standard InChI is InChI=1S/C21H26N2O4/c22-18-13-11-17(12-14-18)9-7-5-3-1-2-4-6-8-10-21(26)27-23-19(24)15-16-20(23)25/h11-14H,1-6,8,10,15-16,22H2. The van der Waals surface area contributed by atoms with E-state index in [1.807, 2.05) is 24.3 Å². The minimum Gasteiger partial charge on any atom is -0.399 e. The summed E-state index contributed by atoms with van der Waals surface area (Å²) in [6, 6.07) is 7.53. The van der Waals surface area contributed by atoms with Gasteiger partial charge in [-0.3, -0.25) is 9.59 Å². The summed E-state index contributed by atoms with van der Waals surface area (Å²) in [6.45, 7) is 0. The van der Waals surface area contributed by atoms with Crippen LogP contribution >= 0.6 is 0 Å². The number of hydroxylamine groups is 2. The molecule has 2 amide bonds. The van der Waals surface area contributed by atoms with E-state index in [4.69, 9.17) is 10.6 Å². The summed E-state index contributed by atoms with van der Waals surface area (Å²) in [5.41, 5.74) is 7.35. The van der Waals surface area contributed by atoms with Crippen LogP contribution in [0.4, 0.5) is 5.69 Å². The number of nitrogens with zero attached hydrogens (tertiary/aromatic N) is 1. The second-order valence-corrected chi connectivity index (χ2v) is 6.59. The SMILES string of the molecule is Nc1ccc(C#CCCCCCCCCC(=O)ON2C(=O)CCC2=O)cc1. The Kier molecular flexibility index (Phi) is 8.37. The number of hydrogen-bond acceptors (Lipinski definition) is 5. The van der Waals surface area contributed by atoms with Crippen LogP contribution in [0.2, 0.25) is 0 Å². The molecule has 6 nitrogen and oxygen atoms in total. The average molecular weight is 370 g/mol. The van der Waals surface area contributed by atoms with Gasteiger partial charge in [-0.05, 0) is 37.1 Å². The molecule has 1 fully saturated rings. The minimum absolute atomic E-state index is 0.121. The maximum absolute atomic E-state index is 11.6. The lowest BCUT2D eigenvalue weighted by Crippen LogP contribution is -2.31. The van der Waals surface area contributed by atoms with E-state index in [0.717, 1.165) is 49.8 Å². The maximum Gasteiger partial charge on any atom is 0.333 e. The number of nitrogen functional groups attached to an aromatic ring is 1. The summed E-state index contributed by atoms with van der Waals surface area (Å²) < 4.78 is 0. The van der Waals surface area contributed by atoms with E-state index >= 15 is 0 Å². The van der Waals surface area contributed by atoms with Crippen molar-refractivity contribution in [3.63, 3.8) is 0 Å². The number of carbonyl (C=O) groups is 3. The fourth-order valence-electron chi connectivity index (χ4n) is 2.73. The zero-order valence-electron chi connectivity index (χ0n) is 15.5. The molecule has 144 valence electrons. The Bertz CT molecular complexity index is 700. The number of hydrogen-bond donors (Lipinski definition) is 1. The third kappa shape index (κ3) is 7.53. The molecule has 1 aromatic rings. The second-order valence-electron chi connectivity index (χ2n) is 6.59. The van der Waals surface area contributed by atoms with Crippen LogP contribution in [-0.4, -0.2) is 22.8 Å². The third-order valence-electron chi connectivity index (χ3n) is 4.27. The smallest absolute Gasteiger partial charge is 0.333 e. The highest BCUT2D eigenvalue weighted by molar-refractivity contribution is 6.01. The average Bonchev–Trinajstić information content (AvgIpc) is 2.96. The van der Waals surface area contributed by atoms with Crippen molar-refractivity contribution in [3.05, 3.63) is 29.8 Å². The number of anilines is 1. The molecule has 2 rings (SSSR count). The molecule has 0 spiro atoms. The lowest BCUT2D eigenvalue weighted by molar-refractivity contribution is -0.197. The normalized spacial score (nSPS) is 13.4. The molecule has 0 aliphatic carbocycles. The quantitative estimate of drug-likeness (QED) is 0.312. The van der Waals surface area contributed by atoms with Crippen molar-refractivity contribution in [3.8, 4) is 11.8 Å². The number of amides is 2. The molecule has 0 unspecified atom stereocenters. The highest BCUT2D eigenvalue weighted by Crippen LogP contribution is 2.14. The molecule has 0 atom stereocenters. The van der Waals surface area contributed by atoms with Crippen LogP contribution in [0.5, 0.6) is 0 Å². The molecule has 1 aliphatic rings. The molecule has 1 saturated heterocycles. The van der Waals surface area contributed by atoms with Crippen LogP contribution in [0.25, 0.3) is 0 Å². The Morgan fingerprint density at radius 1 is 0.963 bits per heavy atom. The zero-order chi connectivity index (χ0) is 19.5. The molecular weight excluding hydrogens is 344 g/mol. The Morgan fingerprint density at radius 2 is 1.56 bits per heavy atom. The molecule has 0 radical (unpaired) electrons. The van der Waals surface area contributed by atoms with Gasteiger partial charge in [0.15, 0.2) is 0 Å². The summed E-state index contributed by atoms with van der Waals surface area (Å²) in [6.07, 6.45) is 7.27. The highest BCUT2D eigenvalue weighted by atomic mass is 16.7. The van der Waals surface area contributed by atoms with Gasteiger partial charge in [0.25, 0.3) is 11.8 Å². The fourth-order valence-corrected chi connectivity index (χ4v) is 2.73. The molecular formula is C21H26N2O4. The number of nitrogens with two attached hydrogens (primary N) is 1. The van der Waals surface area contributed by atoms with E-state index in [1.54, 1.807) is 0 Å². The fraction of sp³-hybridized carbons (Fsp3) is 0.476. The van der Waals surface area contributed by atoms with Gasteiger partial charge in [0.1, 0.15) is 0 Å². The Balaban J connectivity index is 1.46. The summed E-state index contributed by atoms with van der Waals surface area (Å²) in [7, 11) is 0. The predicted molar refractivity (Wildman–Crippen MR) is 102 cm³/mol. The van der Waals surface area contributed by atoms with E-state index < -0.39 is 17.8 Å². The molecule has 27 heavy (non-hydrogen) atoms. The van der Waals surface area contributed by atoms with Gasteiger partial charge in [0.05, 0.1) is 0 Å². The van der Waals surface area contributed by atoms with E-state index in [-0.39, 0.29) is 19.3 Å². The first-order valence-corrected chi connectivity index (χ1v) is 9.47. The van der Waals surface area contributed by atoms with Crippen LogP contribution < -0.4 is 5.73 Å². The van der Waals surface area contributed by atoms with Crippen molar-refractivity contribution >= 4 is 23.5 Å². The van der Waals surface area contributed by atoms with Crippen molar-refractivity contribution in [2.75, 3.05) is 5.73 Å². The predicted octanol–water partition coefficient (Wildman–Crippen LogP) is 3.35. The van der Waals surface area contributed by atoms with Gasteiger partial charge in [0, 0.05) is 36.9 Å². The first-order chi connectivity index (χ1) is 13.1. The largest absolute Gasteiger partial charge is 0.399 e. The van der Waals surface area contributed by atoms with Crippen LogP contribution in [0.3, 0.4) is 0 Å². The van der Waals surface area contributed by atoms with Crippen molar-refractivity contribution in [2.24, 2.45) is 0 Å². The lowest BCUT2D eigenvalue weighted by atomic mass is 10.1. The van der Waals surface area contributed by atoms with E-state index in [1.165, 1.54) is 0 Å². The molecule has 1 heterocycles. The summed E-state index contributed by atoms with van der Waals surface area (Å²) in [5.74, 6) is 4.90. The molecule has 0 aromatic heterocycles. The van der Waals surface area contributed by atoms with Crippen molar-refractivity contribution in [1.82, 2.24) is 5.06 Å². The van der Waals surface area contributed by atoms with Gasteiger partial charge in [-0.15, -0.1) is 5.06 Å². The summed E-state index contributed by atoms with van der Waals surface area (Å²) in [4.78, 5) is 39.2. The lowest BCUT2D eigenvalue weighted by Gasteiger charge is -2.12. The van der Waals surface area contributed by atoms with Gasteiger partial charge >= 0.3 is 5.97 Å². The topological polar surface area (TPSA) is 89.7 Å². The van der Waals surface area contributed by atoms with Crippen molar-refractivity contribution < 1.29 is 19.2 Å². The van der Waals surface area contributed by atoms with Crippen LogP contribution in [0, 0.1) is 11.8 Å². The van der Waals surface area contributed by atoms with Crippen LogP contribution in [0.15, 0.2) is 24.3 Å². The van der Waals surface area contributed by atoms with E-state index in [0.29, 0.717) is 11.5 Å². The first-order valence-electron chi connectivity index (χ1n) is 9.47. The molecule has 1 aromatic carbocycles.